The zero-order chi connectivity index (χ0) is 15.1. The molecule has 1 rings (SSSR count). The molecule has 116 valence electrons. The highest BCUT2D eigenvalue weighted by Crippen LogP contribution is 2.36. The lowest BCUT2D eigenvalue weighted by atomic mass is 9.95. The SMILES string of the molecule is CCOC(CNC(=O)C1CC(C)CC1C(=O)O)OCC. The second-order valence-electron chi connectivity index (χ2n) is 5.21. The summed E-state index contributed by atoms with van der Waals surface area (Å²) in [6, 6.07) is 0. The van der Waals surface area contributed by atoms with Crippen LogP contribution in [-0.4, -0.2) is 43.0 Å². The van der Waals surface area contributed by atoms with Gasteiger partial charge in [0.1, 0.15) is 0 Å². The molecule has 0 aliphatic heterocycles. The fraction of sp³-hybridized carbons (Fsp3) is 0.857. The van der Waals surface area contributed by atoms with Crippen molar-refractivity contribution in [1.82, 2.24) is 5.32 Å². The first kappa shape index (κ1) is 16.9. The molecule has 0 radical (unpaired) electrons. The highest BCUT2D eigenvalue weighted by molar-refractivity contribution is 5.85. The number of carboxylic acid groups (broad SMARTS) is 1. The summed E-state index contributed by atoms with van der Waals surface area (Å²) in [5, 5.41) is 11.9. The normalized spacial score (nSPS) is 25.9. The Morgan fingerprint density at radius 1 is 1.20 bits per heavy atom. The van der Waals surface area contributed by atoms with Crippen LogP contribution in [0.25, 0.3) is 0 Å². The number of carboxylic acids is 1. The molecule has 3 unspecified atom stereocenters. The lowest BCUT2D eigenvalue weighted by Crippen LogP contribution is -2.40. The van der Waals surface area contributed by atoms with Gasteiger partial charge in [0.05, 0.1) is 18.4 Å². The van der Waals surface area contributed by atoms with Crippen LogP contribution in [-0.2, 0) is 19.1 Å². The number of rotatable bonds is 8. The van der Waals surface area contributed by atoms with Crippen LogP contribution in [0.5, 0.6) is 0 Å². The van der Waals surface area contributed by atoms with E-state index >= 15 is 0 Å². The minimum Gasteiger partial charge on any atom is -0.481 e. The lowest BCUT2D eigenvalue weighted by molar-refractivity contribution is -0.148. The molecule has 6 heteroatoms. The van der Waals surface area contributed by atoms with E-state index in [4.69, 9.17) is 14.6 Å². The Bertz CT molecular complexity index is 328. The third kappa shape index (κ3) is 4.76. The molecule has 0 aromatic rings. The van der Waals surface area contributed by atoms with E-state index in [1.807, 2.05) is 20.8 Å². The molecule has 1 fully saturated rings. The Morgan fingerprint density at radius 3 is 2.25 bits per heavy atom. The number of carbonyl (C=O) groups is 2. The monoisotopic (exact) mass is 287 g/mol. The van der Waals surface area contributed by atoms with Gasteiger partial charge >= 0.3 is 5.97 Å². The lowest BCUT2D eigenvalue weighted by Gasteiger charge is -2.20. The second-order valence-corrected chi connectivity index (χ2v) is 5.21. The van der Waals surface area contributed by atoms with Crippen molar-refractivity contribution in [1.29, 1.82) is 0 Å². The Labute approximate surface area is 119 Å². The first-order valence-corrected chi connectivity index (χ1v) is 7.23. The van der Waals surface area contributed by atoms with Crippen molar-refractivity contribution in [2.24, 2.45) is 17.8 Å². The van der Waals surface area contributed by atoms with Crippen LogP contribution in [0.2, 0.25) is 0 Å². The van der Waals surface area contributed by atoms with Gasteiger partial charge in [-0.3, -0.25) is 9.59 Å². The Hall–Kier alpha value is -1.14. The van der Waals surface area contributed by atoms with Crippen molar-refractivity contribution < 1.29 is 24.2 Å². The van der Waals surface area contributed by atoms with E-state index in [0.29, 0.717) is 26.1 Å². The predicted molar refractivity (Wildman–Crippen MR) is 73.1 cm³/mol. The zero-order valence-electron chi connectivity index (χ0n) is 12.4. The van der Waals surface area contributed by atoms with Gasteiger partial charge in [0, 0.05) is 13.2 Å². The Balaban J connectivity index is 2.50. The molecule has 0 aromatic heterocycles. The summed E-state index contributed by atoms with van der Waals surface area (Å²) in [7, 11) is 0. The van der Waals surface area contributed by atoms with Crippen molar-refractivity contribution >= 4 is 11.9 Å². The molecule has 6 nitrogen and oxygen atoms in total. The molecule has 3 atom stereocenters. The van der Waals surface area contributed by atoms with Crippen LogP contribution >= 0.6 is 0 Å². The van der Waals surface area contributed by atoms with Crippen LogP contribution in [0.4, 0.5) is 0 Å². The molecule has 1 aliphatic rings. The maximum absolute atomic E-state index is 12.1. The van der Waals surface area contributed by atoms with Gasteiger partial charge in [-0.1, -0.05) is 6.92 Å². The fourth-order valence-electron chi connectivity index (χ4n) is 2.71. The van der Waals surface area contributed by atoms with Crippen molar-refractivity contribution in [3.8, 4) is 0 Å². The summed E-state index contributed by atoms with van der Waals surface area (Å²) < 4.78 is 10.7. The molecule has 0 spiro atoms. The fourth-order valence-corrected chi connectivity index (χ4v) is 2.71. The van der Waals surface area contributed by atoms with Crippen LogP contribution < -0.4 is 5.32 Å². The maximum atomic E-state index is 12.1. The zero-order valence-corrected chi connectivity index (χ0v) is 12.4. The number of amides is 1. The van der Waals surface area contributed by atoms with Gasteiger partial charge in [-0.05, 0) is 32.6 Å². The topological polar surface area (TPSA) is 84.9 Å². The van der Waals surface area contributed by atoms with Crippen molar-refractivity contribution in [2.75, 3.05) is 19.8 Å². The largest absolute Gasteiger partial charge is 0.481 e. The van der Waals surface area contributed by atoms with Crippen LogP contribution in [0.3, 0.4) is 0 Å². The highest BCUT2D eigenvalue weighted by Gasteiger charge is 2.41. The minimum atomic E-state index is -0.888. The number of hydrogen-bond donors (Lipinski definition) is 2. The van der Waals surface area contributed by atoms with Gasteiger partial charge in [0.2, 0.25) is 5.91 Å². The summed E-state index contributed by atoms with van der Waals surface area (Å²) >= 11 is 0. The van der Waals surface area contributed by atoms with Gasteiger partial charge in [-0.25, -0.2) is 0 Å². The first-order valence-electron chi connectivity index (χ1n) is 7.23. The van der Waals surface area contributed by atoms with Crippen LogP contribution in [0, 0.1) is 17.8 Å². The van der Waals surface area contributed by atoms with E-state index in [2.05, 4.69) is 5.32 Å². The van der Waals surface area contributed by atoms with Gasteiger partial charge in [-0.2, -0.15) is 0 Å². The van der Waals surface area contributed by atoms with Crippen LogP contribution in [0.15, 0.2) is 0 Å². The van der Waals surface area contributed by atoms with Crippen molar-refractivity contribution in [3.05, 3.63) is 0 Å². The number of hydrogen-bond acceptors (Lipinski definition) is 4. The molecule has 0 bridgehead atoms. The third-order valence-electron chi connectivity index (χ3n) is 3.60. The number of ether oxygens (including phenoxy) is 2. The van der Waals surface area contributed by atoms with Gasteiger partial charge in [0.25, 0.3) is 0 Å². The number of aliphatic carboxylic acids is 1. The van der Waals surface area contributed by atoms with Crippen molar-refractivity contribution in [3.63, 3.8) is 0 Å². The molecule has 0 heterocycles. The molecule has 1 aliphatic carbocycles. The Morgan fingerprint density at radius 2 is 1.75 bits per heavy atom. The molecule has 2 N–H and O–H groups in total. The summed E-state index contributed by atoms with van der Waals surface area (Å²) in [5.41, 5.74) is 0. The van der Waals surface area contributed by atoms with E-state index in [-0.39, 0.29) is 18.4 Å². The van der Waals surface area contributed by atoms with Gasteiger partial charge in [-0.15, -0.1) is 0 Å². The highest BCUT2D eigenvalue weighted by atomic mass is 16.7. The smallest absolute Gasteiger partial charge is 0.307 e. The average molecular weight is 287 g/mol. The molecular weight excluding hydrogens is 262 g/mol. The molecule has 1 saturated carbocycles. The molecule has 1 amide bonds. The minimum absolute atomic E-state index is 0.217. The Kier molecular flexibility index (Phi) is 6.95. The molecular formula is C14H25NO5. The van der Waals surface area contributed by atoms with E-state index in [9.17, 15) is 9.59 Å². The van der Waals surface area contributed by atoms with E-state index < -0.39 is 24.1 Å². The molecule has 0 aromatic carbocycles. The number of nitrogens with one attached hydrogen (secondary N) is 1. The van der Waals surface area contributed by atoms with E-state index in [0.717, 1.165) is 0 Å². The predicted octanol–water partition coefficient (Wildman–Crippen LogP) is 1.25. The summed E-state index contributed by atoms with van der Waals surface area (Å²) in [6.07, 6.45) is 0.709. The van der Waals surface area contributed by atoms with E-state index in [1.165, 1.54) is 0 Å². The quantitative estimate of drug-likeness (QED) is 0.656. The summed E-state index contributed by atoms with van der Waals surface area (Å²) in [6.45, 7) is 6.93. The second kappa shape index (κ2) is 8.21. The maximum Gasteiger partial charge on any atom is 0.307 e. The molecule has 20 heavy (non-hydrogen) atoms. The average Bonchev–Trinajstić information content (AvgIpc) is 2.78. The van der Waals surface area contributed by atoms with E-state index in [1.54, 1.807) is 0 Å². The third-order valence-corrected chi connectivity index (χ3v) is 3.60. The van der Waals surface area contributed by atoms with Gasteiger partial charge in [0.15, 0.2) is 6.29 Å². The molecule has 0 saturated heterocycles. The van der Waals surface area contributed by atoms with Crippen molar-refractivity contribution in [2.45, 2.75) is 39.9 Å². The first-order chi connectivity index (χ1) is 9.49. The number of carbonyl (C=O) groups excluding carboxylic acids is 1. The van der Waals surface area contributed by atoms with Crippen LogP contribution in [0.1, 0.15) is 33.6 Å². The van der Waals surface area contributed by atoms with Gasteiger partial charge < -0.3 is 19.9 Å². The summed E-state index contributed by atoms with van der Waals surface area (Å²) in [5.74, 6) is -1.87. The summed E-state index contributed by atoms with van der Waals surface area (Å²) in [4.78, 5) is 23.3. The standard InChI is InChI=1S/C14H25NO5/c1-4-19-12(20-5-2)8-15-13(16)10-6-9(3)7-11(10)14(17)18/h9-12H,4-8H2,1-3H3,(H,15,16)(H,17,18).